The van der Waals surface area contributed by atoms with Crippen LogP contribution in [-0.4, -0.2) is 157 Å². The van der Waals surface area contributed by atoms with Crippen LogP contribution in [-0.2, 0) is 45.9 Å². The lowest BCUT2D eigenvalue weighted by atomic mass is 9.87. The van der Waals surface area contributed by atoms with Gasteiger partial charge in [-0.3, -0.25) is 38.8 Å². The Balaban J connectivity index is 0.000000209. The van der Waals surface area contributed by atoms with Crippen molar-refractivity contribution < 1.29 is 101 Å². The maximum Gasteiger partial charge on any atom is 0.416 e. The maximum absolute atomic E-state index is 14.3. The first-order valence-electron chi connectivity index (χ1n) is 46.3. The van der Waals surface area contributed by atoms with Crippen molar-refractivity contribution in [3.63, 3.8) is 0 Å². The number of amidine groups is 2. The van der Waals surface area contributed by atoms with E-state index < -0.39 is 104 Å². The normalized spacial score (nSPS) is 24.3. The Morgan fingerprint density at radius 2 is 0.766 bits per heavy atom. The van der Waals surface area contributed by atoms with Gasteiger partial charge in [0, 0.05) is 38.8 Å². The highest BCUT2D eigenvalue weighted by Crippen LogP contribution is 2.51. The van der Waals surface area contributed by atoms with Crippen LogP contribution in [0, 0.1) is 35.1 Å². The number of aliphatic imine (C=N–C) groups is 6. The minimum Gasteiger partial charge on any atom is -0.444 e. The van der Waals surface area contributed by atoms with E-state index in [1.165, 1.54) is 165 Å². The summed E-state index contributed by atoms with van der Waals surface area (Å²) < 4.78 is 159. The number of hydrogen-bond donors (Lipinski definition) is 4. The molecule has 13 rings (SSSR count). The Labute approximate surface area is 844 Å². The molecule has 4 N–H and O–H groups in total. The van der Waals surface area contributed by atoms with Gasteiger partial charge in [0.2, 0.25) is 11.8 Å². The number of piperidine rings is 1. The van der Waals surface area contributed by atoms with Gasteiger partial charge in [-0.25, -0.2) is 51.1 Å². The second-order valence-corrected chi connectivity index (χ2v) is 49.5. The van der Waals surface area contributed by atoms with Crippen molar-refractivity contribution in [3.05, 3.63) is 213 Å². The van der Waals surface area contributed by atoms with E-state index in [0.29, 0.717) is 71.2 Å². The number of alkyl halides is 8. The largest absolute Gasteiger partial charge is 0.444 e. The Hall–Kier alpha value is -8.59. The van der Waals surface area contributed by atoms with E-state index in [-0.39, 0.29) is 94.1 Å². The molecule has 2 unspecified atom stereocenters. The summed E-state index contributed by atoms with van der Waals surface area (Å²) in [6.45, 7) is 44.2. The van der Waals surface area contributed by atoms with E-state index in [1.54, 1.807) is 135 Å². The monoisotopic (exact) mass is 2080 g/mol. The molecule has 3 fully saturated rings. The molecule has 0 aromatic heterocycles. The zero-order valence-electron chi connectivity index (χ0n) is 84.1. The van der Waals surface area contributed by atoms with Crippen LogP contribution in [0.3, 0.4) is 0 Å². The van der Waals surface area contributed by atoms with Gasteiger partial charge in [-0.05, 0) is 286 Å². The highest BCUT2D eigenvalue weighted by Gasteiger charge is 2.57. The van der Waals surface area contributed by atoms with Crippen LogP contribution in [0.2, 0.25) is 0 Å². The highest BCUT2D eigenvalue weighted by atomic mass is 32.2. The molecule has 0 aliphatic carbocycles. The highest BCUT2D eigenvalue weighted by molar-refractivity contribution is 8.17. The number of likely N-dealkylation sites (tertiary alicyclic amines) is 1. The first-order chi connectivity index (χ1) is 64.7. The van der Waals surface area contributed by atoms with Crippen LogP contribution < -0.4 is 10.6 Å². The molecule has 3 saturated heterocycles. The smallest absolute Gasteiger partial charge is 0.416 e. The molecule has 7 heterocycles. The molecular formula is C104H129F12N9O10S6. The average Bonchev–Trinajstić information content (AvgIpc) is 1.62. The number of rotatable bonds is 23. The van der Waals surface area contributed by atoms with Gasteiger partial charge in [0.25, 0.3) is 23.6 Å². The summed E-state index contributed by atoms with van der Waals surface area (Å²) in [7, 11) is 0. The molecule has 6 aromatic carbocycles. The summed E-state index contributed by atoms with van der Waals surface area (Å²) in [6, 6.07) is 34.5. The molecule has 141 heavy (non-hydrogen) atoms. The topological polar surface area (TPSA) is 271 Å². The summed E-state index contributed by atoms with van der Waals surface area (Å²) >= 11 is 7.67. The molecule has 0 saturated carbocycles. The molecular weight excluding hydrogens is 1960 g/mol. The van der Waals surface area contributed by atoms with Gasteiger partial charge in [0.1, 0.15) is 63.9 Å². The van der Waals surface area contributed by atoms with Crippen LogP contribution in [0.15, 0.2) is 176 Å². The summed E-state index contributed by atoms with van der Waals surface area (Å²) in [5, 5.41) is 29.4. The summed E-state index contributed by atoms with van der Waals surface area (Å²) in [5.74, 6) is -1.99. The van der Waals surface area contributed by atoms with Crippen LogP contribution in [0.4, 0.5) is 57.5 Å². The molecule has 7 aliphatic heterocycles. The minimum absolute atomic E-state index is 0.0699. The average molecular weight is 2090 g/mol. The van der Waals surface area contributed by atoms with E-state index in [9.17, 15) is 96.5 Å². The Kier molecular flexibility index (Phi) is 38.7. The molecule has 770 valence electrons. The van der Waals surface area contributed by atoms with Gasteiger partial charge in [-0.15, -0.1) is 0 Å². The second-order valence-electron chi connectivity index (χ2n) is 40.6. The lowest BCUT2D eigenvalue weighted by molar-refractivity contribution is -0.138. The van der Waals surface area contributed by atoms with Crippen LogP contribution in [0.25, 0.3) is 0 Å². The van der Waals surface area contributed by atoms with E-state index in [1.807, 2.05) is 76.2 Å². The molecule has 0 bridgehead atoms. The molecule has 7 aliphatic rings. The van der Waals surface area contributed by atoms with E-state index >= 15 is 0 Å². The number of nitrogens with one attached hydrogen (secondary N) is 2. The van der Waals surface area contributed by atoms with Crippen molar-refractivity contribution in [1.82, 2.24) is 15.5 Å². The Bertz CT molecular complexity index is 5250. The number of thioether (sulfide) groups is 6. The van der Waals surface area contributed by atoms with Crippen molar-refractivity contribution in [2.45, 2.75) is 323 Å². The predicted molar refractivity (Wildman–Crippen MR) is 547 cm³/mol. The third kappa shape index (κ3) is 30.5. The van der Waals surface area contributed by atoms with Crippen molar-refractivity contribution >= 4 is 143 Å². The van der Waals surface area contributed by atoms with Gasteiger partial charge in [0.15, 0.2) is 10.3 Å². The fraction of sp³-hybridized carbons (Fsp3) is 0.529. The molecule has 0 radical (unpaired) electrons. The number of carbonyl (C=O) groups is 7. The Morgan fingerprint density at radius 1 is 0.433 bits per heavy atom. The molecule has 37 heteroatoms. The van der Waals surface area contributed by atoms with Crippen LogP contribution in [0.1, 0.15) is 298 Å². The SMILES string of the molecule is CC(C)C1(C)SC(=N[C@@H](C)c2cccc(C(F)(F)F)c2)NC1=O.C[C@H](CC1=NC(=O)[C@@](C)(C(C)(C)F)S1)c1ccc(F)cc1.C[C@H](CC1=NC(=O)[C@@](C)(C(C)(C)O)S1)c1ccc(F)cc1.C[C@H](CC1=NC(=O)[C@](C)(C(C)(C)F)S1)c1ccc(F)cc1.C[C@H](CC1=NC(=O)[C@](C)(C(C)(C)O)S1)c1ccc(F)cc1.C[C@H](N=C1NC(=O)C(C)(CC2CCN(C(=O)OC(C)(C)C)CC2)S1)c1ccccc1C(F)(F)F. The maximum atomic E-state index is 14.3. The second kappa shape index (κ2) is 46.4. The van der Waals surface area contributed by atoms with Gasteiger partial charge in [0.05, 0.1) is 59.3 Å². The number of benzene rings is 6. The van der Waals surface area contributed by atoms with Crippen molar-refractivity contribution in [3.8, 4) is 0 Å². The van der Waals surface area contributed by atoms with Crippen molar-refractivity contribution in [1.29, 1.82) is 0 Å². The number of nitrogens with zero attached hydrogens (tertiary/aromatic N) is 7. The van der Waals surface area contributed by atoms with Crippen LogP contribution in [0.5, 0.6) is 0 Å². The molecule has 6 aromatic rings. The van der Waals surface area contributed by atoms with Crippen molar-refractivity contribution in [2.75, 3.05) is 13.1 Å². The van der Waals surface area contributed by atoms with Crippen molar-refractivity contribution in [2.24, 2.45) is 41.8 Å². The van der Waals surface area contributed by atoms with E-state index in [2.05, 4.69) is 40.6 Å². The number of ether oxygens (including phenoxy) is 1. The standard InChI is InChI=1S/C24H32F3N3O3S.C16H19F3N2OS.2C16H19F2NOS.2C16H20FNO2S/c1-15(17-8-6-7-9-18(17)24(25,26)27)28-20-29-19(31)23(5,34-20)14-16-10-12-30(13-11-16)21(32)33-22(2,3)4;1-9(2)15(4)13(22)21-14(23-15)20-10(3)11-6-5-7-12(8-11)16(17,18)19;2*1-10(11-5-7-12(17)8-6-11)9-13-19-14(20)16(4,21-13)15(2,3)18;2*1-10(11-5-7-12(17)8-6-11)9-13-18-14(19)16(4,21-13)15(2,3)20/h6-9,15-16H,10-14H2,1-5H3,(H,28,29,31);5-10H,1-4H3,(H,20,21,22);2*5-8,10H,9H2,1-4H3;2*5-8,10,20H,9H2,1-4H3/t15-,23?;10-,15?;10-,16+;10-,16-;10-,16+;10-,16-/m001111/s1. The lowest BCUT2D eigenvalue weighted by Crippen LogP contribution is -2.48. The number of carbonyl (C=O) groups excluding carboxylic acids is 7. The van der Waals surface area contributed by atoms with Gasteiger partial charge >= 0.3 is 18.4 Å². The number of aliphatic hydroxyl groups is 2. The zero-order chi connectivity index (χ0) is 106. The van der Waals surface area contributed by atoms with E-state index in [4.69, 9.17) is 4.74 Å². The Morgan fingerprint density at radius 3 is 1.08 bits per heavy atom. The third-order valence-electron chi connectivity index (χ3n) is 26.2. The van der Waals surface area contributed by atoms with Crippen LogP contribution >= 0.6 is 70.6 Å². The molecule has 7 amide bonds. The zero-order valence-corrected chi connectivity index (χ0v) is 89.0. The number of amides is 7. The van der Waals surface area contributed by atoms with Gasteiger partial charge in [-0.2, -0.15) is 26.3 Å². The van der Waals surface area contributed by atoms with E-state index in [0.717, 1.165) is 63.4 Å². The predicted octanol–water partition coefficient (Wildman–Crippen LogP) is 26.2. The quantitative estimate of drug-likeness (QED) is 0.0434. The summed E-state index contributed by atoms with van der Waals surface area (Å²) in [5.41, 5.74) is -3.04. The van der Waals surface area contributed by atoms with Gasteiger partial charge in [-0.1, -0.05) is 191 Å². The number of hydrogen-bond acceptors (Lipinski definition) is 18. The third-order valence-corrected chi connectivity index (χ3v) is 35.2. The van der Waals surface area contributed by atoms with Gasteiger partial charge < -0.3 is 30.5 Å². The summed E-state index contributed by atoms with van der Waals surface area (Å²) in [4.78, 5) is 112. The minimum atomic E-state index is -4.47. The fourth-order valence-corrected chi connectivity index (χ4v) is 22.7. The lowest BCUT2D eigenvalue weighted by Gasteiger charge is -2.35. The molecule has 12 atom stereocenters. The molecule has 19 nitrogen and oxygen atoms in total. The number of halogens is 12. The first-order valence-corrected chi connectivity index (χ1v) is 51.2. The first kappa shape index (κ1) is 118. The molecule has 0 spiro atoms. The fourth-order valence-electron chi connectivity index (χ4n) is 15.1. The summed E-state index contributed by atoms with van der Waals surface area (Å²) in [6.07, 6.45) is -4.77.